The summed E-state index contributed by atoms with van der Waals surface area (Å²) in [5, 5.41) is 10.1. The van der Waals surface area contributed by atoms with Gasteiger partial charge in [0, 0.05) is 17.7 Å². The van der Waals surface area contributed by atoms with Gasteiger partial charge in [-0.2, -0.15) is 0 Å². The topological polar surface area (TPSA) is 83.1 Å². The predicted octanol–water partition coefficient (Wildman–Crippen LogP) is 6.89. The van der Waals surface area contributed by atoms with E-state index in [4.69, 9.17) is 9.41 Å². The van der Waals surface area contributed by atoms with E-state index in [0.29, 0.717) is 32.7 Å². The van der Waals surface area contributed by atoms with Gasteiger partial charge in [-0.1, -0.05) is 49.6 Å². The van der Waals surface area contributed by atoms with E-state index >= 15 is 0 Å². The van der Waals surface area contributed by atoms with Crippen molar-refractivity contribution in [1.82, 2.24) is 4.90 Å². The van der Waals surface area contributed by atoms with Gasteiger partial charge in [-0.15, -0.1) is 0 Å². The number of amides is 1. The summed E-state index contributed by atoms with van der Waals surface area (Å²) >= 11 is 1.37. The minimum atomic E-state index is -0.973. The molecule has 3 aromatic rings. The van der Waals surface area contributed by atoms with E-state index in [2.05, 4.69) is 0 Å². The molecule has 1 aromatic heterocycles. The summed E-state index contributed by atoms with van der Waals surface area (Å²) in [6.07, 6.45) is 7.17. The molecule has 0 atom stereocenters. The molecule has 1 amide bonds. The fourth-order valence-corrected chi connectivity index (χ4v) is 5.60. The fourth-order valence-electron chi connectivity index (χ4n) is 4.56. The highest BCUT2D eigenvalue weighted by atomic mass is 32.2. The summed E-state index contributed by atoms with van der Waals surface area (Å²) in [6, 6.07) is 18.7. The lowest BCUT2D eigenvalue weighted by Crippen LogP contribution is -2.40. The maximum Gasteiger partial charge on any atom is 0.335 e. The van der Waals surface area contributed by atoms with Crippen LogP contribution in [0.1, 0.15) is 53.8 Å². The number of para-hydroxylation sites is 1. The summed E-state index contributed by atoms with van der Waals surface area (Å²) in [5.41, 5.74) is 2.43. The van der Waals surface area contributed by atoms with Crippen molar-refractivity contribution in [2.24, 2.45) is 4.99 Å². The SMILES string of the molecule is Cc1ccc(-c2ccc(/C=C3\SC(=Nc4ccccc4)N(C4CCCCC4)C3=O)o2)cc1C(=O)O. The molecule has 1 aliphatic carbocycles. The Labute approximate surface area is 208 Å². The summed E-state index contributed by atoms with van der Waals surface area (Å²) in [6.45, 7) is 1.76. The lowest BCUT2D eigenvalue weighted by molar-refractivity contribution is -0.124. The van der Waals surface area contributed by atoms with Gasteiger partial charge in [0.2, 0.25) is 0 Å². The van der Waals surface area contributed by atoms with Gasteiger partial charge in [0.05, 0.1) is 16.2 Å². The second-order valence-electron chi connectivity index (χ2n) is 8.84. The van der Waals surface area contributed by atoms with Crippen LogP contribution in [0.2, 0.25) is 0 Å². The molecule has 2 aromatic carbocycles. The Morgan fingerprint density at radius 2 is 1.86 bits per heavy atom. The Bertz CT molecular complexity index is 1320. The Kier molecular flexibility index (Phi) is 6.59. The molecule has 1 saturated carbocycles. The van der Waals surface area contributed by atoms with E-state index < -0.39 is 5.97 Å². The monoisotopic (exact) mass is 486 g/mol. The number of nitrogens with zero attached hydrogens (tertiary/aromatic N) is 2. The van der Waals surface area contributed by atoms with Crippen LogP contribution in [0.3, 0.4) is 0 Å². The lowest BCUT2D eigenvalue weighted by Gasteiger charge is -2.30. The molecule has 2 fully saturated rings. The van der Waals surface area contributed by atoms with Crippen LogP contribution in [-0.2, 0) is 4.79 Å². The number of furan rings is 1. The van der Waals surface area contributed by atoms with Crippen LogP contribution in [0.5, 0.6) is 0 Å². The maximum absolute atomic E-state index is 13.5. The first kappa shape index (κ1) is 23.2. The van der Waals surface area contributed by atoms with Crippen molar-refractivity contribution >= 4 is 40.6 Å². The minimum absolute atomic E-state index is 0.0435. The second kappa shape index (κ2) is 9.96. The first-order chi connectivity index (χ1) is 17.0. The van der Waals surface area contributed by atoms with Crippen LogP contribution in [-0.4, -0.2) is 33.1 Å². The number of carbonyl (C=O) groups excluding carboxylic acids is 1. The number of thioether (sulfide) groups is 1. The number of rotatable bonds is 5. The van der Waals surface area contributed by atoms with E-state index in [1.807, 2.05) is 41.3 Å². The molecular formula is C28H26N2O4S. The largest absolute Gasteiger partial charge is 0.478 e. The number of carbonyl (C=O) groups is 2. The number of carboxylic acids is 1. The minimum Gasteiger partial charge on any atom is -0.478 e. The van der Waals surface area contributed by atoms with Gasteiger partial charge in [0.25, 0.3) is 5.91 Å². The van der Waals surface area contributed by atoms with Crippen LogP contribution in [0, 0.1) is 6.92 Å². The predicted molar refractivity (Wildman–Crippen MR) is 139 cm³/mol. The molecule has 0 bridgehead atoms. The van der Waals surface area contributed by atoms with Gasteiger partial charge >= 0.3 is 5.97 Å². The van der Waals surface area contributed by atoms with Crippen molar-refractivity contribution in [1.29, 1.82) is 0 Å². The smallest absolute Gasteiger partial charge is 0.335 e. The summed E-state index contributed by atoms with van der Waals surface area (Å²) in [7, 11) is 0. The summed E-state index contributed by atoms with van der Waals surface area (Å²) in [4.78, 5) is 32.2. The molecule has 5 rings (SSSR count). The van der Waals surface area contributed by atoms with E-state index in [1.165, 1.54) is 18.2 Å². The zero-order chi connectivity index (χ0) is 24.4. The summed E-state index contributed by atoms with van der Waals surface area (Å²) < 4.78 is 6.00. The molecule has 2 heterocycles. The molecule has 6 nitrogen and oxygen atoms in total. The number of aromatic carboxylic acids is 1. The molecule has 0 unspecified atom stereocenters. The van der Waals surface area contributed by atoms with Crippen LogP contribution in [0.15, 0.2) is 75.0 Å². The van der Waals surface area contributed by atoms with Crippen LogP contribution in [0.4, 0.5) is 5.69 Å². The Balaban J connectivity index is 1.45. The molecule has 178 valence electrons. The zero-order valence-corrected chi connectivity index (χ0v) is 20.3. The average Bonchev–Trinajstić information content (AvgIpc) is 3.45. The van der Waals surface area contributed by atoms with Gasteiger partial charge in [0.1, 0.15) is 11.5 Å². The van der Waals surface area contributed by atoms with E-state index in [9.17, 15) is 14.7 Å². The highest BCUT2D eigenvalue weighted by Crippen LogP contribution is 2.39. The van der Waals surface area contributed by atoms with Gasteiger partial charge < -0.3 is 9.52 Å². The Morgan fingerprint density at radius 3 is 2.60 bits per heavy atom. The van der Waals surface area contributed by atoms with Crippen molar-refractivity contribution < 1.29 is 19.1 Å². The first-order valence-corrected chi connectivity index (χ1v) is 12.6. The number of aliphatic imine (C=N–C) groups is 1. The lowest BCUT2D eigenvalue weighted by atomic mass is 9.94. The summed E-state index contributed by atoms with van der Waals surface area (Å²) in [5.74, 6) is 0.0761. The van der Waals surface area contributed by atoms with Crippen LogP contribution < -0.4 is 0 Å². The van der Waals surface area contributed by atoms with Crippen LogP contribution in [0.25, 0.3) is 17.4 Å². The van der Waals surface area contributed by atoms with Crippen molar-refractivity contribution in [2.75, 3.05) is 0 Å². The van der Waals surface area contributed by atoms with Gasteiger partial charge in [0.15, 0.2) is 5.17 Å². The third-order valence-corrected chi connectivity index (χ3v) is 7.39. The third kappa shape index (κ3) is 4.95. The number of hydrogen-bond acceptors (Lipinski definition) is 5. The normalized spacial score (nSPS) is 19.1. The molecule has 2 aliphatic rings. The number of hydrogen-bond donors (Lipinski definition) is 1. The van der Waals surface area contributed by atoms with Gasteiger partial charge in [-0.25, -0.2) is 9.79 Å². The quantitative estimate of drug-likeness (QED) is 0.397. The van der Waals surface area contributed by atoms with E-state index in [1.54, 1.807) is 37.3 Å². The number of aryl methyl sites for hydroxylation is 1. The van der Waals surface area contributed by atoms with E-state index in [0.717, 1.165) is 31.4 Å². The Morgan fingerprint density at radius 1 is 1.09 bits per heavy atom. The second-order valence-corrected chi connectivity index (χ2v) is 9.85. The number of carboxylic acid groups (broad SMARTS) is 1. The van der Waals surface area contributed by atoms with Crippen molar-refractivity contribution in [3.8, 4) is 11.3 Å². The van der Waals surface area contributed by atoms with Crippen LogP contribution >= 0.6 is 11.8 Å². The highest BCUT2D eigenvalue weighted by Gasteiger charge is 2.38. The molecular weight excluding hydrogens is 460 g/mol. The number of amidine groups is 1. The molecule has 0 spiro atoms. The van der Waals surface area contributed by atoms with Gasteiger partial charge in [-0.05, 0) is 67.4 Å². The van der Waals surface area contributed by atoms with Crippen molar-refractivity contribution in [2.45, 2.75) is 45.1 Å². The number of benzene rings is 2. The molecule has 35 heavy (non-hydrogen) atoms. The zero-order valence-electron chi connectivity index (χ0n) is 19.4. The fraction of sp³-hybridized carbons (Fsp3) is 0.250. The maximum atomic E-state index is 13.5. The first-order valence-electron chi connectivity index (χ1n) is 11.8. The third-order valence-electron chi connectivity index (χ3n) is 6.41. The van der Waals surface area contributed by atoms with Gasteiger partial charge in [-0.3, -0.25) is 9.69 Å². The standard InChI is InChI=1S/C28H26N2O4S/c1-18-12-13-19(16-23(18)27(32)33)24-15-14-22(34-24)17-25-26(31)30(21-10-6-3-7-11-21)28(35-25)29-20-8-4-2-5-9-20/h2,4-5,8-9,12-17,21H,3,6-7,10-11H2,1H3,(H,32,33)/b25-17-,29-28?. The molecule has 1 aliphatic heterocycles. The Hall–Kier alpha value is -3.58. The average molecular weight is 487 g/mol. The van der Waals surface area contributed by atoms with Crippen molar-refractivity contribution in [3.63, 3.8) is 0 Å². The highest BCUT2D eigenvalue weighted by molar-refractivity contribution is 8.18. The molecule has 7 heteroatoms. The molecule has 1 N–H and O–H groups in total. The molecule has 1 saturated heterocycles. The van der Waals surface area contributed by atoms with E-state index in [-0.39, 0.29) is 17.5 Å². The molecule has 0 radical (unpaired) electrons. The van der Waals surface area contributed by atoms with Crippen molar-refractivity contribution in [3.05, 3.63) is 82.5 Å².